The van der Waals surface area contributed by atoms with Crippen molar-refractivity contribution < 1.29 is 9.31 Å². The maximum absolute atomic E-state index is 13.5. The molecule has 7 nitrogen and oxygen atoms in total. The van der Waals surface area contributed by atoms with E-state index in [1.165, 1.54) is 30.5 Å². The Labute approximate surface area is 149 Å². The largest absolute Gasteiger partial charge is 0.318 e. The van der Waals surface area contributed by atoms with E-state index < -0.39 is 4.92 Å². The third-order valence-corrected chi connectivity index (χ3v) is 3.89. The lowest BCUT2D eigenvalue weighted by Gasteiger charge is -2.09. The average molecular weight is 353 g/mol. The summed E-state index contributed by atoms with van der Waals surface area (Å²) < 4.78 is 15.4. The minimum absolute atomic E-state index is 0.0627. The minimum Gasteiger partial charge on any atom is -0.318 e. The Hall–Kier alpha value is -3.55. The van der Waals surface area contributed by atoms with Gasteiger partial charge in [-0.25, -0.2) is 9.37 Å². The second-order valence-electron chi connectivity index (χ2n) is 5.64. The van der Waals surface area contributed by atoms with Gasteiger partial charge in [-0.3, -0.25) is 15.5 Å². The zero-order chi connectivity index (χ0) is 18.7. The van der Waals surface area contributed by atoms with Crippen molar-refractivity contribution in [3.63, 3.8) is 0 Å². The molecule has 2 heterocycles. The summed E-state index contributed by atoms with van der Waals surface area (Å²) in [5.74, 6) is -0.248. The van der Waals surface area contributed by atoms with Crippen LogP contribution in [-0.4, -0.2) is 20.7 Å². The standard InChI is InChI=1S/C18H16FN5O2/c1-12-9-14(13(2)23(12)16-6-3-5-15(19)10-16)11-21-22-18-17(24(25)26)7-4-8-20-18/h3-11H,1-2H3,(H,20,22)/b21-11-. The number of halogens is 1. The van der Waals surface area contributed by atoms with Gasteiger partial charge in [0, 0.05) is 34.9 Å². The first-order valence-electron chi connectivity index (χ1n) is 7.80. The number of nitrogens with one attached hydrogen (secondary N) is 1. The maximum atomic E-state index is 13.5. The SMILES string of the molecule is Cc1cc(/C=N\Nc2ncccc2[N+](=O)[O-])c(C)n1-c1cccc(F)c1. The summed E-state index contributed by atoms with van der Waals surface area (Å²) in [6.07, 6.45) is 3.00. The summed E-state index contributed by atoms with van der Waals surface area (Å²) in [7, 11) is 0. The van der Waals surface area contributed by atoms with E-state index in [-0.39, 0.29) is 17.3 Å². The molecule has 0 atom stereocenters. The fourth-order valence-corrected chi connectivity index (χ4v) is 2.72. The molecule has 1 N–H and O–H groups in total. The lowest BCUT2D eigenvalue weighted by Crippen LogP contribution is -2.01. The van der Waals surface area contributed by atoms with Crippen molar-refractivity contribution in [2.24, 2.45) is 5.10 Å². The first-order valence-corrected chi connectivity index (χ1v) is 7.80. The topological polar surface area (TPSA) is 85.3 Å². The van der Waals surface area contributed by atoms with Crippen LogP contribution >= 0.6 is 0 Å². The highest BCUT2D eigenvalue weighted by molar-refractivity contribution is 5.83. The fraction of sp³-hybridized carbons (Fsp3) is 0.111. The summed E-state index contributed by atoms with van der Waals surface area (Å²) in [4.78, 5) is 14.4. The number of hydrogen-bond donors (Lipinski definition) is 1. The van der Waals surface area contributed by atoms with Gasteiger partial charge in [0.15, 0.2) is 0 Å². The van der Waals surface area contributed by atoms with Crippen LogP contribution in [0.1, 0.15) is 17.0 Å². The molecule has 0 saturated carbocycles. The first-order chi connectivity index (χ1) is 12.5. The van der Waals surface area contributed by atoms with Gasteiger partial charge >= 0.3 is 5.69 Å². The highest BCUT2D eigenvalue weighted by atomic mass is 19.1. The Morgan fingerprint density at radius 2 is 2.08 bits per heavy atom. The number of nitro groups is 1. The number of nitrogens with zero attached hydrogens (tertiary/aromatic N) is 4. The molecule has 0 saturated heterocycles. The van der Waals surface area contributed by atoms with Gasteiger partial charge < -0.3 is 4.57 Å². The number of anilines is 1. The summed E-state index contributed by atoms with van der Waals surface area (Å²) in [6, 6.07) is 11.1. The first kappa shape index (κ1) is 17.3. The van der Waals surface area contributed by atoms with Crippen LogP contribution in [0.25, 0.3) is 5.69 Å². The molecule has 0 bridgehead atoms. The van der Waals surface area contributed by atoms with E-state index in [4.69, 9.17) is 0 Å². The van der Waals surface area contributed by atoms with E-state index in [0.717, 1.165) is 17.0 Å². The molecule has 0 amide bonds. The summed E-state index contributed by atoms with van der Waals surface area (Å²) in [5.41, 5.74) is 5.74. The van der Waals surface area contributed by atoms with E-state index in [9.17, 15) is 14.5 Å². The molecule has 2 aromatic heterocycles. The number of hydrazone groups is 1. The molecule has 0 spiro atoms. The average Bonchev–Trinajstić information content (AvgIpc) is 2.89. The molecule has 0 aliphatic carbocycles. The van der Waals surface area contributed by atoms with Gasteiger partial charge in [0.1, 0.15) is 5.82 Å². The van der Waals surface area contributed by atoms with Crippen LogP contribution < -0.4 is 5.43 Å². The van der Waals surface area contributed by atoms with Crippen molar-refractivity contribution in [2.45, 2.75) is 13.8 Å². The van der Waals surface area contributed by atoms with Crippen molar-refractivity contribution in [3.8, 4) is 5.69 Å². The number of hydrogen-bond acceptors (Lipinski definition) is 5. The van der Waals surface area contributed by atoms with Crippen LogP contribution in [0.3, 0.4) is 0 Å². The Balaban J connectivity index is 1.87. The van der Waals surface area contributed by atoms with Gasteiger partial charge in [-0.2, -0.15) is 5.10 Å². The summed E-state index contributed by atoms with van der Waals surface area (Å²) in [6.45, 7) is 3.80. The van der Waals surface area contributed by atoms with Crippen LogP contribution in [0.2, 0.25) is 0 Å². The second kappa shape index (κ2) is 7.14. The molecule has 0 aliphatic heterocycles. The smallest absolute Gasteiger partial charge is 0.313 e. The summed E-state index contributed by atoms with van der Waals surface area (Å²) >= 11 is 0. The van der Waals surface area contributed by atoms with Crippen molar-refractivity contribution in [3.05, 3.63) is 81.5 Å². The molecule has 3 aromatic rings. The summed E-state index contributed by atoms with van der Waals surface area (Å²) in [5, 5.41) is 15.0. The zero-order valence-electron chi connectivity index (χ0n) is 14.2. The van der Waals surface area contributed by atoms with E-state index in [1.807, 2.05) is 30.5 Å². The quantitative estimate of drug-likeness (QED) is 0.427. The highest BCUT2D eigenvalue weighted by Gasteiger charge is 2.13. The number of pyridine rings is 1. The Morgan fingerprint density at radius 3 is 2.81 bits per heavy atom. The number of aryl methyl sites for hydroxylation is 1. The number of aromatic nitrogens is 2. The molecular weight excluding hydrogens is 337 g/mol. The molecule has 3 rings (SSSR count). The van der Waals surface area contributed by atoms with Gasteiger partial charge in [0.25, 0.3) is 0 Å². The maximum Gasteiger partial charge on any atom is 0.313 e. The number of benzene rings is 1. The molecule has 132 valence electrons. The van der Waals surface area contributed by atoms with Crippen molar-refractivity contribution in [2.75, 3.05) is 5.43 Å². The van der Waals surface area contributed by atoms with Crippen molar-refractivity contribution in [1.82, 2.24) is 9.55 Å². The predicted molar refractivity (Wildman–Crippen MR) is 97.3 cm³/mol. The van der Waals surface area contributed by atoms with Gasteiger partial charge in [-0.1, -0.05) is 6.07 Å². The predicted octanol–water partition coefficient (Wildman–Crippen LogP) is 3.98. The molecule has 0 fully saturated rings. The van der Waals surface area contributed by atoms with Crippen molar-refractivity contribution in [1.29, 1.82) is 0 Å². The Bertz CT molecular complexity index is 997. The fourth-order valence-electron chi connectivity index (χ4n) is 2.72. The van der Waals surface area contributed by atoms with Gasteiger partial charge in [-0.15, -0.1) is 0 Å². The van der Waals surface area contributed by atoms with Crippen LogP contribution in [0.15, 0.2) is 53.8 Å². The van der Waals surface area contributed by atoms with Crippen LogP contribution in [0.5, 0.6) is 0 Å². The normalized spacial score (nSPS) is 11.0. The Morgan fingerprint density at radius 1 is 1.27 bits per heavy atom. The molecule has 0 radical (unpaired) electrons. The molecule has 0 unspecified atom stereocenters. The van der Waals surface area contributed by atoms with Crippen LogP contribution in [-0.2, 0) is 0 Å². The van der Waals surface area contributed by atoms with Crippen LogP contribution in [0.4, 0.5) is 15.9 Å². The van der Waals surface area contributed by atoms with Crippen LogP contribution in [0, 0.1) is 29.8 Å². The monoisotopic (exact) mass is 353 g/mol. The van der Waals surface area contributed by atoms with Gasteiger partial charge in [-0.05, 0) is 44.2 Å². The lowest BCUT2D eigenvalue weighted by molar-refractivity contribution is -0.384. The third kappa shape index (κ3) is 3.44. The van der Waals surface area contributed by atoms with Gasteiger partial charge in [0.05, 0.1) is 11.1 Å². The number of rotatable bonds is 5. The van der Waals surface area contributed by atoms with E-state index in [1.54, 1.807) is 12.3 Å². The van der Waals surface area contributed by atoms with Gasteiger partial charge in [0.2, 0.25) is 5.82 Å². The van der Waals surface area contributed by atoms with E-state index >= 15 is 0 Å². The molecule has 1 aromatic carbocycles. The third-order valence-electron chi connectivity index (χ3n) is 3.89. The minimum atomic E-state index is -0.527. The van der Waals surface area contributed by atoms with E-state index in [2.05, 4.69) is 15.5 Å². The van der Waals surface area contributed by atoms with E-state index in [0.29, 0.717) is 5.69 Å². The molecule has 8 heteroatoms. The van der Waals surface area contributed by atoms with Crippen molar-refractivity contribution >= 4 is 17.7 Å². The Kier molecular flexibility index (Phi) is 4.74. The highest BCUT2D eigenvalue weighted by Crippen LogP contribution is 2.22. The molecule has 26 heavy (non-hydrogen) atoms. The zero-order valence-corrected chi connectivity index (χ0v) is 14.2. The second-order valence-corrected chi connectivity index (χ2v) is 5.64. The lowest BCUT2D eigenvalue weighted by atomic mass is 10.2. The molecular formula is C18H16FN5O2. The molecule has 0 aliphatic rings.